The SMILES string of the molecule is O=C1CC(C(=O)N2CCCC2c2cccs2)CN1CC(F)(F)F. The summed E-state index contributed by atoms with van der Waals surface area (Å²) >= 11 is 1.57. The maximum Gasteiger partial charge on any atom is 0.406 e. The third-order valence-corrected chi connectivity index (χ3v) is 5.31. The molecule has 1 aromatic heterocycles. The van der Waals surface area contributed by atoms with Crippen molar-refractivity contribution in [1.29, 1.82) is 0 Å². The van der Waals surface area contributed by atoms with E-state index in [-0.39, 0.29) is 24.9 Å². The lowest BCUT2D eigenvalue weighted by Crippen LogP contribution is -2.38. The Hall–Kier alpha value is -1.57. The summed E-state index contributed by atoms with van der Waals surface area (Å²) in [4.78, 5) is 28.0. The van der Waals surface area contributed by atoms with Crippen LogP contribution in [0.25, 0.3) is 0 Å². The fourth-order valence-corrected chi connectivity index (χ4v) is 4.22. The first-order valence-corrected chi connectivity index (χ1v) is 8.41. The molecule has 0 spiro atoms. The Kier molecular flexibility index (Phi) is 4.35. The van der Waals surface area contributed by atoms with E-state index in [9.17, 15) is 22.8 Å². The molecule has 4 nitrogen and oxygen atoms in total. The molecule has 126 valence electrons. The summed E-state index contributed by atoms with van der Waals surface area (Å²) in [6.45, 7) is -0.805. The number of alkyl halides is 3. The van der Waals surface area contributed by atoms with Crippen molar-refractivity contribution in [3.05, 3.63) is 22.4 Å². The third-order valence-electron chi connectivity index (χ3n) is 4.34. The van der Waals surface area contributed by atoms with E-state index in [0.29, 0.717) is 6.54 Å². The topological polar surface area (TPSA) is 40.6 Å². The highest BCUT2D eigenvalue weighted by Crippen LogP contribution is 2.36. The van der Waals surface area contributed by atoms with Gasteiger partial charge in [0.2, 0.25) is 11.8 Å². The van der Waals surface area contributed by atoms with Crippen LogP contribution in [0.15, 0.2) is 17.5 Å². The molecule has 2 aliphatic rings. The Morgan fingerprint density at radius 2 is 2.17 bits per heavy atom. The third kappa shape index (κ3) is 3.52. The summed E-state index contributed by atoms with van der Waals surface area (Å²) in [5.74, 6) is -1.45. The molecule has 1 aromatic rings. The quantitative estimate of drug-likeness (QED) is 0.844. The van der Waals surface area contributed by atoms with Gasteiger partial charge in [0.05, 0.1) is 12.0 Å². The predicted octanol–water partition coefficient (Wildman–Crippen LogP) is 2.82. The minimum absolute atomic E-state index is 0.00531. The van der Waals surface area contributed by atoms with Gasteiger partial charge in [-0.3, -0.25) is 9.59 Å². The molecule has 0 aromatic carbocycles. The Balaban J connectivity index is 1.68. The molecule has 0 radical (unpaired) electrons. The summed E-state index contributed by atoms with van der Waals surface area (Å²) in [6, 6.07) is 3.89. The minimum atomic E-state index is -4.43. The van der Waals surface area contributed by atoms with Crippen LogP contribution in [0.2, 0.25) is 0 Å². The van der Waals surface area contributed by atoms with Crippen molar-refractivity contribution < 1.29 is 22.8 Å². The summed E-state index contributed by atoms with van der Waals surface area (Å²) in [6.07, 6.45) is -2.82. The largest absolute Gasteiger partial charge is 0.406 e. The van der Waals surface area contributed by atoms with E-state index in [1.54, 1.807) is 16.2 Å². The minimum Gasteiger partial charge on any atom is -0.335 e. The number of carbonyl (C=O) groups excluding carboxylic acids is 2. The molecular formula is C15H17F3N2O2S. The van der Waals surface area contributed by atoms with Gasteiger partial charge in [-0.1, -0.05) is 6.07 Å². The number of nitrogens with zero attached hydrogens (tertiary/aromatic N) is 2. The van der Waals surface area contributed by atoms with Gasteiger partial charge in [0.25, 0.3) is 0 Å². The molecule has 23 heavy (non-hydrogen) atoms. The second-order valence-electron chi connectivity index (χ2n) is 6.00. The normalized spacial score (nSPS) is 25.4. The molecule has 2 unspecified atom stereocenters. The summed E-state index contributed by atoms with van der Waals surface area (Å²) in [5, 5.41) is 1.94. The van der Waals surface area contributed by atoms with Crippen molar-refractivity contribution in [2.45, 2.75) is 31.5 Å². The van der Waals surface area contributed by atoms with Crippen molar-refractivity contribution in [2.24, 2.45) is 5.92 Å². The maximum absolute atomic E-state index is 12.7. The molecular weight excluding hydrogens is 329 g/mol. The zero-order valence-corrected chi connectivity index (χ0v) is 13.2. The van der Waals surface area contributed by atoms with Crippen LogP contribution in [0.3, 0.4) is 0 Å². The van der Waals surface area contributed by atoms with E-state index in [2.05, 4.69) is 0 Å². The van der Waals surface area contributed by atoms with Crippen LogP contribution < -0.4 is 0 Å². The highest BCUT2D eigenvalue weighted by Gasteiger charge is 2.43. The van der Waals surface area contributed by atoms with E-state index in [4.69, 9.17) is 0 Å². The van der Waals surface area contributed by atoms with Gasteiger partial charge in [-0.05, 0) is 24.3 Å². The van der Waals surface area contributed by atoms with Crippen LogP contribution in [0.4, 0.5) is 13.2 Å². The second-order valence-corrected chi connectivity index (χ2v) is 6.97. The van der Waals surface area contributed by atoms with E-state index < -0.39 is 24.5 Å². The molecule has 2 saturated heterocycles. The van der Waals surface area contributed by atoms with E-state index in [1.165, 1.54) is 0 Å². The highest BCUT2D eigenvalue weighted by molar-refractivity contribution is 7.10. The Morgan fingerprint density at radius 3 is 2.83 bits per heavy atom. The zero-order valence-electron chi connectivity index (χ0n) is 12.4. The standard InChI is InChI=1S/C15H17F3N2O2S/c16-15(17,18)9-19-8-10(7-13(19)21)14(22)20-5-1-3-11(20)12-4-2-6-23-12/h2,4,6,10-11H,1,3,5,7-9H2. The van der Waals surface area contributed by atoms with Crippen LogP contribution in [0, 0.1) is 5.92 Å². The molecule has 0 bridgehead atoms. The summed E-state index contributed by atoms with van der Waals surface area (Å²) in [5.41, 5.74) is 0. The Morgan fingerprint density at radius 1 is 1.39 bits per heavy atom. The number of halogens is 3. The van der Waals surface area contributed by atoms with Gasteiger partial charge in [-0.15, -0.1) is 11.3 Å². The Bertz CT molecular complexity index is 588. The Labute approximate surface area is 135 Å². The van der Waals surface area contributed by atoms with Crippen LogP contribution in [-0.2, 0) is 9.59 Å². The number of carbonyl (C=O) groups is 2. The first-order valence-electron chi connectivity index (χ1n) is 7.53. The van der Waals surface area contributed by atoms with Crippen molar-refractivity contribution in [1.82, 2.24) is 9.80 Å². The van der Waals surface area contributed by atoms with Crippen LogP contribution in [-0.4, -0.2) is 47.4 Å². The van der Waals surface area contributed by atoms with Crippen LogP contribution in [0.5, 0.6) is 0 Å². The highest BCUT2D eigenvalue weighted by atomic mass is 32.1. The van der Waals surface area contributed by atoms with Crippen LogP contribution >= 0.6 is 11.3 Å². The molecule has 0 saturated carbocycles. The molecule has 0 N–H and O–H groups in total. The summed E-state index contributed by atoms with van der Waals surface area (Å²) in [7, 11) is 0. The van der Waals surface area contributed by atoms with Crippen molar-refractivity contribution in [2.75, 3.05) is 19.6 Å². The lowest BCUT2D eigenvalue weighted by atomic mass is 10.1. The van der Waals surface area contributed by atoms with Gasteiger partial charge in [0, 0.05) is 24.4 Å². The fourth-order valence-electron chi connectivity index (χ4n) is 3.35. The zero-order chi connectivity index (χ0) is 16.6. The number of rotatable bonds is 3. The van der Waals surface area contributed by atoms with E-state index in [1.807, 2.05) is 17.5 Å². The molecule has 2 amide bonds. The van der Waals surface area contributed by atoms with Gasteiger partial charge in [-0.25, -0.2) is 0 Å². The maximum atomic E-state index is 12.7. The average molecular weight is 346 g/mol. The molecule has 0 aliphatic carbocycles. The van der Waals surface area contributed by atoms with Gasteiger partial charge in [-0.2, -0.15) is 13.2 Å². The first kappa shape index (κ1) is 16.3. The monoisotopic (exact) mass is 346 g/mol. The van der Waals surface area contributed by atoms with Gasteiger partial charge < -0.3 is 9.80 Å². The number of hydrogen-bond donors (Lipinski definition) is 0. The second kappa shape index (κ2) is 6.14. The smallest absolute Gasteiger partial charge is 0.335 e. The average Bonchev–Trinajstić information content (AvgIpc) is 3.16. The van der Waals surface area contributed by atoms with Gasteiger partial charge in [0.1, 0.15) is 6.54 Å². The molecule has 3 heterocycles. The fraction of sp³-hybridized carbons (Fsp3) is 0.600. The van der Waals surface area contributed by atoms with E-state index >= 15 is 0 Å². The number of amides is 2. The van der Waals surface area contributed by atoms with Crippen molar-refractivity contribution in [3.8, 4) is 0 Å². The van der Waals surface area contributed by atoms with Gasteiger partial charge >= 0.3 is 6.18 Å². The van der Waals surface area contributed by atoms with Crippen molar-refractivity contribution >= 4 is 23.2 Å². The predicted molar refractivity (Wildman–Crippen MR) is 78.7 cm³/mol. The lowest BCUT2D eigenvalue weighted by molar-refractivity contribution is -0.157. The van der Waals surface area contributed by atoms with Crippen molar-refractivity contribution in [3.63, 3.8) is 0 Å². The molecule has 2 fully saturated rings. The van der Waals surface area contributed by atoms with Crippen LogP contribution in [0.1, 0.15) is 30.2 Å². The molecule has 2 atom stereocenters. The first-order chi connectivity index (χ1) is 10.8. The molecule has 2 aliphatic heterocycles. The molecule has 3 rings (SSSR count). The van der Waals surface area contributed by atoms with Gasteiger partial charge in [0.15, 0.2) is 0 Å². The lowest BCUT2D eigenvalue weighted by Gasteiger charge is -2.26. The number of hydrogen-bond acceptors (Lipinski definition) is 3. The molecule has 8 heteroatoms. The van der Waals surface area contributed by atoms with E-state index in [0.717, 1.165) is 22.6 Å². The number of likely N-dealkylation sites (tertiary alicyclic amines) is 2. The summed E-state index contributed by atoms with van der Waals surface area (Å²) < 4.78 is 37.4. The number of thiophene rings is 1.